The molecule has 0 spiro atoms. The van der Waals surface area contributed by atoms with E-state index in [1.807, 2.05) is 13.0 Å². The number of ketones is 1. The van der Waals surface area contributed by atoms with Gasteiger partial charge in [-0.3, -0.25) is 4.79 Å². The summed E-state index contributed by atoms with van der Waals surface area (Å²) >= 11 is 0. The van der Waals surface area contributed by atoms with Gasteiger partial charge in [0.2, 0.25) is 0 Å². The Hall–Kier alpha value is -1.20. The number of carbonyl (C=O) groups excluding carboxylic acids is 1. The minimum Gasteiger partial charge on any atom is -0.381 e. The molecule has 1 fully saturated rings. The third kappa shape index (κ3) is 2.97. The summed E-state index contributed by atoms with van der Waals surface area (Å²) in [5, 5.41) is 0. The first kappa shape index (κ1) is 13.2. The van der Waals surface area contributed by atoms with E-state index in [1.165, 1.54) is 6.07 Å². The lowest BCUT2D eigenvalue weighted by Gasteiger charge is -2.08. The average molecular weight is 268 g/mol. The van der Waals surface area contributed by atoms with E-state index in [9.17, 15) is 13.2 Å². The second-order valence-electron chi connectivity index (χ2n) is 4.60. The first-order chi connectivity index (χ1) is 8.49. The number of ether oxygens (including phenoxy) is 1. The van der Waals surface area contributed by atoms with Gasteiger partial charge in [-0.1, -0.05) is 12.1 Å². The van der Waals surface area contributed by atoms with Crippen LogP contribution in [-0.2, 0) is 19.4 Å². The summed E-state index contributed by atoms with van der Waals surface area (Å²) in [5.74, 6) is -0.927. The maximum atomic E-state index is 12.1. The van der Waals surface area contributed by atoms with Gasteiger partial charge in [0.25, 0.3) is 0 Å². The van der Waals surface area contributed by atoms with Gasteiger partial charge in [0.05, 0.1) is 11.5 Å². The fourth-order valence-corrected chi connectivity index (χ4v) is 3.41. The Morgan fingerprint density at radius 3 is 2.83 bits per heavy atom. The molecular weight excluding hydrogens is 252 g/mol. The highest BCUT2D eigenvalue weighted by Gasteiger charge is 2.28. The predicted molar refractivity (Wildman–Crippen MR) is 67.2 cm³/mol. The van der Waals surface area contributed by atoms with Crippen LogP contribution in [0.2, 0.25) is 0 Å². The number of hydrogen-bond donors (Lipinski definition) is 0. The quantitative estimate of drug-likeness (QED) is 0.827. The summed E-state index contributed by atoms with van der Waals surface area (Å²) in [7, 11) is -3.52. The summed E-state index contributed by atoms with van der Waals surface area (Å²) in [6.45, 7) is 2.72. The Bertz CT molecular complexity index is 542. The van der Waals surface area contributed by atoms with Crippen LogP contribution in [0.5, 0.6) is 0 Å². The summed E-state index contributed by atoms with van der Waals surface area (Å²) < 4.78 is 29.3. The van der Waals surface area contributed by atoms with Crippen molar-refractivity contribution < 1.29 is 17.9 Å². The maximum absolute atomic E-state index is 12.1. The van der Waals surface area contributed by atoms with Gasteiger partial charge in [-0.15, -0.1) is 0 Å². The van der Waals surface area contributed by atoms with Gasteiger partial charge >= 0.3 is 0 Å². The number of carbonyl (C=O) groups is 1. The van der Waals surface area contributed by atoms with Gasteiger partial charge in [-0.25, -0.2) is 8.42 Å². The molecule has 1 heterocycles. The standard InChI is InChI=1S/C13H16O4S/c1-10-3-2-4-12(7-10)18(15,16)9-13(14)11-5-6-17-8-11/h2-4,7,11H,5-6,8-9H2,1H3. The number of sulfone groups is 1. The Morgan fingerprint density at radius 1 is 1.44 bits per heavy atom. The van der Waals surface area contributed by atoms with Gasteiger partial charge in [-0.2, -0.15) is 0 Å². The molecule has 0 bridgehead atoms. The minimum absolute atomic E-state index is 0.217. The first-order valence-electron chi connectivity index (χ1n) is 5.89. The van der Waals surface area contributed by atoms with Crippen molar-refractivity contribution in [2.45, 2.75) is 18.2 Å². The molecule has 0 saturated carbocycles. The lowest BCUT2D eigenvalue weighted by Crippen LogP contribution is -2.24. The Balaban J connectivity index is 2.14. The van der Waals surface area contributed by atoms with E-state index < -0.39 is 15.6 Å². The van der Waals surface area contributed by atoms with Crippen molar-refractivity contribution in [3.05, 3.63) is 29.8 Å². The monoisotopic (exact) mass is 268 g/mol. The normalized spacial score (nSPS) is 19.9. The Labute approximate surface area is 107 Å². The summed E-state index contributed by atoms with van der Waals surface area (Å²) in [6.07, 6.45) is 0.627. The van der Waals surface area contributed by atoms with E-state index in [-0.39, 0.29) is 16.6 Å². The van der Waals surface area contributed by atoms with Crippen molar-refractivity contribution in [1.29, 1.82) is 0 Å². The van der Waals surface area contributed by atoms with E-state index >= 15 is 0 Å². The van der Waals surface area contributed by atoms with Gasteiger partial charge < -0.3 is 4.74 Å². The molecular formula is C13H16O4S. The molecule has 1 unspecified atom stereocenters. The molecule has 18 heavy (non-hydrogen) atoms. The Kier molecular flexibility index (Phi) is 3.82. The molecule has 0 aromatic heterocycles. The molecule has 0 radical (unpaired) electrons. The topological polar surface area (TPSA) is 60.4 Å². The van der Waals surface area contributed by atoms with Crippen molar-refractivity contribution in [3.63, 3.8) is 0 Å². The van der Waals surface area contributed by atoms with Crippen LogP contribution >= 0.6 is 0 Å². The third-order valence-corrected chi connectivity index (χ3v) is 4.70. The number of rotatable bonds is 4. The highest BCUT2D eigenvalue weighted by Crippen LogP contribution is 2.18. The largest absolute Gasteiger partial charge is 0.381 e. The van der Waals surface area contributed by atoms with Crippen LogP contribution in [0, 0.1) is 12.8 Å². The van der Waals surface area contributed by atoms with Crippen molar-refractivity contribution in [2.24, 2.45) is 5.92 Å². The zero-order valence-corrected chi connectivity index (χ0v) is 11.1. The van der Waals surface area contributed by atoms with Crippen LogP contribution < -0.4 is 0 Å². The van der Waals surface area contributed by atoms with E-state index in [1.54, 1.807) is 12.1 Å². The summed E-state index contributed by atoms with van der Waals surface area (Å²) in [6, 6.07) is 6.63. The van der Waals surface area contributed by atoms with E-state index in [4.69, 9.17) is 4.74 Å². The fourth-order valence-electron chi connectivity index (χ4n) is 1.99. The molecule has 98 valence electrons. The van der Waals surface area contributed by atoms with Crippen molar-refractivity contribution in [2.75, 3.05) is 19.0 Å². The van der Waals surface area contributed by atoms with E-state index in [0.29, 0.717) is 19.6 Å². The minimum atomic E-state index is -3.52. The van der Waals surface area contributed by atoms with Crippen LogP contribution in [0.3, 0.4) is 0 Å². The molecule has 1 aromatic rings. The van der Waals surface area contributed by atoms with Crippen molar-refractivity contribution >= 4 is 15.6 Å². The van der Waals surface area contributed by atoms with Crippen molar-refractivity contribution in [1.82, 2.24) is 0 Å². The average Bonchev–Trinajstić information content (AvgIpc) is 2.82. The number of hydrogen-bond acceptors (Lipinski definition) is 4. The molecule has 2 rings (SSSR count). The molecule has 4 nitrogen and oxygen atoms in total. The molecule has 1 atom stereocenters. The Morgan fingerprint density at radius 2 is 2.22 bits per heavy atom. The predicted octanol–water partition coefficient (Wildman–Crippen LogP) is 1.37. The van der Waals surface area contributed by atoms with Gasteiger partial charge in [0.1, 0.15) is 5.75 Å². The fraction of sp³-hybridized carbons (Fsp3) is 0.462. The smallest absolute Gasteiger partial charge is 0.185 e. The van der Waals surface area contributed by atoms with E-state index in [0.717, 1.165) is 5.56 Å². The molecule has 1 saturated heterocycles. The van der Waals surface area contributed by atoms with Gasteiger partial charge in [0, 0.05) is 12.5 Å². The molecule has 5 heteroatoms. The summed E-state index contributed by atoms with van der Waals surface area (Å²) in [5.41, 5.74) is 0.868. The molecule has 0 amide bonds. The highest BCUT2D eigenvalue weighted by molar-refractivity contribution is 7.92. The van der Waals surface area contributed by atoms with Crippen LogP contribution in [0.25, 0.3) is 0 Å². The van der Waals surface area contributed by atoms with Crippen LogP contribution in [-0.4, -0.2) is 33.2 Å². The SMILES string of the molecule is Cc1cccc(S(=O)(=O)CC(=O)C2CCOC2)c1. The second-order valence-corrected chi connectivity index (χ2v) is 6.59. The van der Waals surface area contributed by atoms with Crippen molar-refractivity contribution in [3.8, 4) is 0 Å². The lowest BCUT2D eigenvalue weighted by molar-refractivity contribution is -0.120. The molecule has 1 aliphatic rings. The van der Waals surface area contributed by atoms with Crippen LogP contribution in [0.4, 0.5) is 0 Å². The number of benzene rings is 1. The van der Waals surface area contributed by atoms with Gasteiger partial charge in [0.15, 0.2) is 15.6 Å². The molecule has 0 aliphatic carbocycles. The highest BCUT2D eigenvalue weighted by atomic mass is 32.2. The first-order valence-corrected chi connectivity index (χ1v) is 7.54. The zero-order chi connectivity index (χ0) is 13.2. The third-order valence-electron chi connectivity index (χ3n) is 3.07. The molecule has 1 aliphatic heterocycles. The second kappa shape index (κ2) is 5.20. The number of aryl methyl sites for hydroxylation is 1. The van der Waals surface area contributed by atoms with Gasteiger partial charge in [-0.05, 0) is 31.0 Å². The molecule has 0 N–H and O–H groups in total. The summed E-state index contributed by atoms with van der Waals surface area (Å²) in [4.78, 5) is 12.1. The van der Waals surface area contributed by atoms with Crippen LogP contribution in [0.15, 0.2) is 29.2 Å². The molecule has 1 aromatic carbocycles. The number of Topliss-reactive ketones (excluding diaryl/α,β-unsaturated/α-hetero) is 1. The zero-order valence-electron chi connectivity index (χ0n) is 10.3. The maximum Gasteiger partial charge on any atom is 0.185 e. The van der Waals surface area contributed by atoms with E-state index in [2.05, 4.69) is 0 Å². The lowest BCUT2D eigenvalue weighted by atomic mass is 10.1. The van der Waals surface area contributed by atoms with Crippen LogP contribution in [0.1, 0.15) is 12.0 Å².